The molecule has 0 saturated carbocycles. The molecule has 0 aliphatic carbocycles. The first-order valence-electron chi connectivity index (χ1n) is 6.99. The molecule has 3 atom stereocenters. The average Bonchev–Trinajstić information content (AvgIpc) is 2.46. The molecule has 2 heterocycles. The maximum Gasteiger partial charge on any atom is 0.226 e. The van der Waals surface area contributed by atoms with Crippen LogP contribution in [0.4, 0.5) is 0 Å². The van der Waals surface area contributed by atoms with Crippen molar-refractivity contribution in [3.05, 3.63) is 30.1 Å². The minimum atomic E-state index is 0.0979. The van der Waals surface area contributed by atoms with Crippen LogP contribution in [0.25, 0.3) is 0 Å². The van der Waals surface area contributed by atoms with Crippen molar-refractivity contribution in [1.29, 1.82) is 0 Å². The lowest BCUT2D eigenvalue weighted by Crippen LogP contribution is -2.43. The lowest BCUT2D eigenvalue weighted by molar-refractivity contribution is -0.137. The van der Waals surface area contributed by atoms with Gasteiger partial charge in [-0.1, -0.05) is 0 Å². The Bertz CT molecular complexity index is 421. The molecule has 1 saturated heterocycles. The van der Waals surface area contributed by atoms with Crippen molar-refractivity contribution in [2.75, 3.05) is 13.6 Å². The van der Waals surface area contributed by atoms with Crippen molar-refractivity contribution >= 4 is 5.91 Å². The second-order valence-electron chi connectivity index (χ2n) is 5.48. The highest BCUT2D eigenvalue weighted by molar-refractivity contribution is 5.79. The summed E-state index contributed by atoms with van der Waals surface area (Å²) >= 11 is 0. The minimum absolute atomic E-state index is 0.0979. The Morgan fingerprint density at radius 1 is 1.47 bits per heavy atom. The molecule has 1 amide bonds. The molecule has 0 aromatic carbocycles. The number of hydrogen-bond donors (Lipinski definition) is 1. The molecule has 1 N–H and O–H groups in total. The van der Waals surface area contributed by atoms with Crippen LogP contribution < -0.4 is 5.32 Å². The van der Waals surface area contributed by atoms with E-state index in [0.29, 0.717) is 6.04 Å². The number of hydrogen-bond acceptors (Lipinski definition) is 3. The van der Waals surface area contributed by atoms with Crippen molar-refractivity contribution in [1.82, 2.24) is 15.2 Å². The normalized spacial score (nSPS) is 24.8. The Kier molecular flexibility index (Phi) is 4.53. The Morgan fingerprint density at radius 2 is 2.16 bits per heavy atom. The fourth-order valence-electron chi connectivity index (χ4n) is 2.70. The van der Waals surface area contributed by atoms with Gasteiger partial charge >= 0.3 is 0 Å². The molecule has 104 valence electrons. The summed E-state index contributed by atoms with van der Waals surface area (Å²) in [5.41, 5.74) is 1.13. The van der Waals surface area contributed by atoms with E-state index in [0.717, 1.165) is 24.9 Å². The highest BCUT2D eigenvalue weighted by Gasteiger charge is 2.29. The van der Waals surface area contributed by atoms with Gasteiger partial charge in [-0.15, -0.1) is 0 Å². The third kappa shape index (κ3) is 3.32. The van der Waals surface area contributed by atoms with Gasteiger partial charge in [0, 0.05) is 31.4 Å². The van der Waals surface area contributed by atoms with Crippen LogP contribution in [0.5, 0.6) is 0 Å². The number of rotatable bonds is 3. The molecule has 4 heteroatoms. The van der Waals surface area contributed by atoms with Gasteiger partial charge in [0.05, 0.1) is 6.04 Å². The molecule has 3 unspecified atom stereocenters. The molecule has 0 spiro atoms. The second kappa shape index (κ2) is 6.15. The third-order valence-corrected chi connectivity index (χ3v) is 4.09. The molecule has 4 nitrogen and oxygen atoms in total. The summed E-state index contributed by atoms with van der Waals surface area (Å²) in [6.07, 6.45) is 5.43. The molecule has 19 heavy (non-hydrogen) atoms. The Morgan fingerprint density at radius 3 is 2.79 bits per heavy atom. The largest absolute Gasteiger partial charge is 0.339 e. The maximum atomic E-state index is 12.5. The molecular weight excluding hydrogens is 238 g/mol. The molecule has 2 rings (SSSR count). The molecule has 1 aliphatic heterocycles. The first-order valence-corrected chi connectivity index (χ1v) is 6.99. The predicted octanol–water partition coefficient (Wildman–Crippen LogP) is 1.99. The zero-order valence-corrected chi connectivity index (χ0v) is 12.0. The number of aromatic nitrogens is 1. The minimum Gasteiger partial charge on any atom is -0.339 e. The van der Waals surface area contributed by atoms with Gasteiger partial charge in [0.1, 0.15) is 0 Å². The van der Waals surface area contributed by atoms with E-state index in [2.05, 4.69) is 24.1 Å². The number of carbonyl (C=O) groups excluding carboxylic acids is 1. The van der Waals surface area contributed by atoms with Crippen molar-refractivity contribution < 1.29 is 4.79 Å². The molecule has 1 aromatic heterocycles. The van der Waals surface area contributed by atoms with Crippen LogP contribution in [-0.2, 0) is 4.79 Å². The summed E-state index contributed by atoms with van der Waals surface area (Å²) in [4.78, 5) is 18.4. The van der Waals surface area contributed by atoms with Gasteiger partial charge < -0.3 is 10.2 Å². The number of pyridine rings is 1. The summed E-state index contributed by atoms with van der Waals surface area (Å²) in [5.74, 6) is 0.420. The van der Waals surface area contributed by atoms with E-state index in [-0.39, 0.29) is 17.9 Å². The third-order valence-electron chi connectivity index (χ3n) is 4.09. The van der Waals surface area contributed by atoms with Crippen molar-refractivity contribution in [2.45, 2.75) is 38.8 Å². The van der Waals surface area contributed by atoms with Gasteiger partial charge in [-0.2, -0.15) is 0 Å². The number of nitrogens with one attached hydrogen (secondary N) is 1. The summed E-state index contributed by atoms with van der Waals surface area (Å²) in [7, 11) is 1.90. The fourth-order valence-corrected chi connectivity index (χ4v) is 2.70. The van der Waals surface area contributed by atoms with Crippen LogP contribution in [0, 0.1) is 5.92 Å². The van der Waals surface area contributed by atoms with Crippen LogP contribution in [0.2, 0.25) is 0 Å². The maximum absolute atomic E-state index is 12.5. The quantitative estimate of drug-likeness (QED) is 0.905. The number of amides is 1. The Hall–Kier alpha value is -1.42. The van der Waals surface area contributed by atoms with E-state index in [1.807, 2.05) is 24.1 Å². The van der Waals surface area contributed by atoms with Crippen molar-refractivity contribution in [3.8, 4) is 0 Å². The van der Waals surface area contributed by atoms with Crippen LogP contribution in [0.15, 0.2) is 24.5 Å². The van der Waals surface area contributed by atoms with Crippen LogP contribution in [0.1, 0.15) is 38.3 Å². The van der Waals surface area contributed by atoms with E-state index in [4.69, 9.17) is 0 Å². The van der Waals surface area contributed by atoms with Crippen molar-refractivity contribution in [3.63, 3.8) is 0 Å². The molecule has 1 fully saturated rings. The Balaban J connectivity index is 2.02. The Labute approximate surface area is 115 Å². The first kappa shape index (κ1) is 14.0. The molecule has 0 bridgehead atoms. The zero-order valence-electron chi connectivity index (χ0n) is 12.0. The monoisotopic (exact) mass is 261 g/mol. The lowest BCUT2D eigenvalue weighted by Gasteiger charge is -2.33. The molecule has 1 aliphatic rings. The SMILES string of the molecule is CC1CC(C(=O)N(C)C(C)c2ccncc2)CCN1. The lowest BCUT2D eigenvalue weighted by atomic mass is 9.91. The fraction of sp³-hybridized carbons (Fsp3) is 0.600. The van der Waals surface area contributed by atoms with Gasteiger partial charge in [-0.3, -0.25) is 9.78 Å². The summed E-state index contributed by atoms with van der Waals surface area (Å²) in [5, 5.41) is 3.39. The average molecular weight is 261 g/mol. The molecule has 1 aromatic rings. The van der Waals surface area contributed by atoms with Gasteiger partial charge in [-0.25, -0.2) is 0 Å². The molecule has 0 radical (unpaired) electrons. The standard InChI is InChI=1S/C15H23N3O/c1-11-10-14(6-9-17-11)15(19)18(3)12(2)13-4-7-16-8-5-13/h4-5,7-8,11-12,14,17H,6,9-10H2,1-3H3. The highest BCUT2D eigenvalue weighted by atomic mass is 16.2. The van der Waals surface area contributed by atoms with E-state index < -0.39 is 0 Å². The number of carbonyl (C=O) groups is 1. The van der Waals surface area contributed by atoms with Crippen LogP contribution in [0.3, 0.4) is 0 Å². The summed E-state index contributed by atoms with van der Waals surface area (Å²) in [6.45, 7) is 5.15. The summed E-state index contributed by atoms with van der Waals surface area (Å²) < 4.78 is 0. The number of piperidine rings is 1. The summed E-state index contributed by atoms with van der Waals surface area (Å²) in [6, 6.07) is 4.48. The van der Waals surface area contributed by atoms with Crippen LogP contribution in [-0.4, -0.2) is 35.4 Å². The zero-order chi connectivity index (χ0) is 13.8. The van der Waals surface area contributed by atoms with Gasteiger partial charge in [0.15, 0.2) is 0 Å². The van der Waals surface area contributed by atoms with E-state index in [1.165, 1.54) is 0 Å². The van der Waals surface area contributed by atoms with Gasteiger partial charge in [0.25, 0.3) is 0 Å². The van der Waals surface area contributed by atoms with Gasteiger partial charge in [0.2, 0.25) is 5.91 Å². The molecular formula is C15H23N3O. The van der Waals surface area contributed by atoms with E-state index >= 15 is 0 Å². The van der Waals surface area contributed by atoms with Gasteiger partial charge in [-0.05, 0) is 50.9 Å². The highest BCUT2D eigenvalue weighted by Crippen LogP contribution is 2.24. The number of nitrogens with zero attached hydrogens (tertiary/aromatic N) is 2. The van der Waals surface area contributed by atoms with E-state index in [9.17, 15) is 4.79 Å². The topological polar surface area (TPSA) is 45.2 Å². The predicted molar refractivity (Wildman–Crippen MR) is 75.6 cm³/mol. The van der Waals surface area contributed by atoms with Crippen molar-refractivity contribution in [2.24, 2.45) is 5.92 Å². The first-order chi connectivity index (χ1) is 9.09. The second-order valence-corrected chi connectivity index (χ2v) is 5.48. The van der Waals surface area contributed by atoms with E-state index in [1.54, 1.807) is 12.4 Å². The van der Waals surface area contributed by atoms with Crippen LogP contribution >= 0.6 is 0 Å². The smallest absolute Gasteiger partial charge is 0.226 e.